The number of carbonyl (C=O) groups excluding carboxylic acids is 1. The molecule has 94 valence electrons. The molecule has 0 heterocycles. The Bertz CT molecular complexity index is 345. The highest BCUT2D eigenvalue weighted by Crippen LogP contribution is 2.45. The third-order valence-electron chi connectivity index (χ3n) is 5.11. The molecule has 2 nitrogen and oxygen atoms in total. The minimum Gasteiger partial charge on any atom is -0.393 e. The zero-order valence-corrected chi connectivity index (χ0v) is 10.4. The molecule has 3 aliphatic carbocycles. The number of fused-ring (bicyclic) bond motifs is 1. The van der Waals surface area contributed by atoms with Crippen molar-refractivity contribution < 1.29 is 9.90 Å². The van der Waals surface area contributed by atoms with Crippen LogP contribution in [0, 0.1) is 17.8 Å². The molecule has 0 radical (unpaired) electrons. The van der Waals surface area contributed by atoms with Gasteiger partial charge in [0.1, 0.15) is 0 Å². The lowest BCUT2D eigenvalue weighted by Crippen LogP contribution is -2.26. The molecule has 0 aromatic rings. The van der Waals surface area contributed by atoms with Crippen LogP contribution < -0.4 is 0 Å². The smallest absolute Gasteiger partial charge is 0.155 e. The number of aliphatic hydroxyl groups is 1. The summed E-state index contributed by atoms with van der Waals surface area (Å²) >= 11 is 0. The molecule has 0 aliphatic heterocycles. The van der Waals surface area contributed by atoms with Crippen molar-refractivity contribution in [2.45, 2.75) is 57.5 Å². The van der Waals surface area contributed by atoms with Gasteiger partial charge < -0.3 is 5.11 Å². The van der Waals surface area contributed by atoms with Gasteiger partial charge in [-0.2, -0.15) is 0 Å². The first-order valence-corrected chi connectivity index (χ1v) is 7.13. The highest BCUT2D eigenvalue weighted by molar-refractivity contribution is 5.91. The van der Waals surface area contributed by atoms with Gasteiger partial charge in [0.05, 0.1) is 6.10 Å². The monoisotopic (exact) mass is 234 g/mol. The van der Waals surface area contributed by atoms with E-state index in [1.165, 1.54) is 24.8 Å². The van der Waals surface area contributed by atoms with E-state index >= 15 is 0 Å². The first-order chi connectivity index (χ1) is 8.22. The largest absolute Gasteiger partial charge is 0.393 e. The Balaban J connectivity index is 1.65. The summed E-state index contributed by atoms with van der Waals surface area (Å²) < 4.78 is 0. The number of rotatable bonds is 1. The van der Waals surface area contributed by atoms with Crippen molar-refractivity contribution in [1.29, 1.82) is 0 Å². The highest BCUT2D eigenvalue weighted by Gasteiger charge is 2.35. The van der Waals surface area contributed by atoms with E-state index in [1.807, 2.05) is 6.08 Å². The van der Waals surface area contributed by atoms with Crippen molar-refractivity contribution in [3.05, 3.63) is 11.6 Å². The van der Waals surface area contributed by atoms with Gasteiger partial charge in [0.15, 0.2) is 5.78 Å². The summed E-state index contributed by atoms with van der Waals surface area (Å²) in [6.45, 7) is 0. The van der Waals surface area contributed by atoms with Crippen molar-refractivity contribution in [2.75, 3.05) is 0 Å². The summed E-state index contributed by atoms with van der Waals surface area (Å²) in [5.41, 5.74) is 1.43. The zero-order valence-electron chi connectivity index (χ0n) is 10.4. The Morgan fingerprint density at radius 3 is 2.59 bits per heavy atom. The molecule has 0 spiro atoms. The summed E-state index contributed by atoms with van der Waals surface area (Å²) in [4.78, 5) is 11.4. The molecule has 17 heavy (non-hydrogen) atoms. The van der Waals surface area contributed by atoms with Crippen LogP contribution in [0.25, 0.3) is 0 Å². The van der Waals surface area contributed by atoms with Gasteiger partial charge in [-0.25, -0.2) is 0 Å². The predicted molar refractivity (Wildman–Crippen MR) is 66.5 cm³/mol. The number of ketones is 1. The van der Waals surface area contributed by atoms with Crippen LogP contribution in [0.2, 0.25) is 0 Å². The van der Waals surface area contributed by atoms with Crippen LogP contribution in [0.5, 0.6) is 0 Å². The lowest BCUT2D eigenvalue weighted by atomic mass is 9.69. The van der Waals surface area contributed by atoms with E-state index in [4.69, 9.17) is 0 Å². The second kappa shape index (κ2) is 4.56. The fraction of sp³-hybridized carbons (Fsp3) is 0.800. The fourth-order valence-corrected chi connectivity index (χ4v) is 4.13. The normalized spacial score (nSPS) is 42.2. The van der Waals surface area contributed by atoms with Crippen molar-refractivity contribution in [3.8, 4) is 0 Å². The molecule has 0 amide bonds. The quantitative estimate of drug-likeness (QED) is 0.757. The van der Waals surface area contributed by atoms with E-state index in [2.05, 4.69) is 0 Å². The molecule has 4 atom stereocenters. The van der Waals surface area contributed by atoms with Gasteiger partial charge in [-0.1, -0.05) is 5.57 Å². The number of hydrogen-bond acceptors (Lipinski definition) is 2. The van der Waals surface area contributed by atoms with E-state index < -0.39 is 0 Å². The van der Waals surface area contributed by atoms with E-state index in [0.717, 1.165) is 43.9 Å². The first kappa shape index (κ1) is 11.5. The maximum Gasteiger partial charge on any atom is 0.155 e. The minimum atomic E-state index is -0.0372. The topological polar surface area (TPSA) is 37.3 Å². The van der Waals surface area contributed by atoms with E-state index in [0.29, 0.717) is 11.7 Å². The van der Waals surface area contributed by atoms with Crippen LogP contribution in [-0.4, -0.2) is 17.0 Å². The van der Waals surface area contributed by atoms with Gasteiger partial charge in [-0.05, 0) is 68.8 Å². The maximum absolute atomic E-state index is 11.4. The Labute approximate surface area is 103 Å². The van der Waals surface area contributed by atoms with Crippen LogP contribution in [0.3, 0.4) is 0 Å². The number of carbonyl (C=O) groups is 1. The van der Waals surface area contributed by atoms with E-state index in [-0.39, 0.29) is 6.10 Å². The summed E-state index contributed by atoms with van der Waals surface area (Å²) in [6.07, 6.45) is 10.6. The summed E-state index contributed by atoms with van der Waals surface area (Å²) in [5, 5.41) is 9.64. The summed E-state index contributed by atoms with van der Waals surface area (Å²) in [7, 11) is 0. The second-order valence-corrected chi connectivity index (χ2v) is 6.18. The van der Waals surface area contributed by atoms with Crippen LogP contribution in [0.15, 0.2) is 11.6 Å². The van der Waals surface area contributed by atoms with Crippen molar-refractivity contribution in [1.82, 2.24) is 0 Å². The standard InChI is InChI=1S/C15H22O2/c16-14-5-3-11-7-10(1-2-12(11)8-14)13-4-6-15(17)9-13/h8,10-11,13,15,17H,1-7,9H2/t10-,11-,13+,15-/m0/s1. The van der Waals surface area contributed by atoms with Crippen LogP contribution in [0.4, 0.5) is 0 Å². The first-order valence-electron chi connectivity index (χ1n) is 7.13. The van der Waals surface area contributed by atoms with Gasteiger partial charge >= 0.3 is 0 Å². The van der Waals surface area contributed by atoms with Gasteiger partial charge in [0.2, 0.25) is 0 Å². The average Bonchev–Trinajstić information content (AvgIpc) is 2.75. The molecular weight excluding hydrogens is 212 g/mol. The van der Waals surface area contributed by atoms with Crippen molar-refractivity contribution >= 4 is 5.78 Å². The summed E-state index contributed by atoms with van der Waals surface area (Å²) in [6, 6.07) is 0. The zero-order chi connectivity index (χ0) is 11.8. The second-order valence-electron chi connectivity index (χ2n) is 6.18. The molecule has 0 aromatic carbocycles. The molecule has 0 unspecified atom stereocenters. The maximum atomic E-state index is 11.4. The third-order valence-corrected chi connectivity index (χ3v) is 5.11. The minimum absolute atomic E-state index is 0.0372. The van der Waals surface area contributed by atoms with Gasteiger partial charge in [-0.15, -0.1) is 0 Å². The van der Waals surface area contributed by atoms with Gasteiger partial charge in [-0.3, -0.25) is 4.79 Å². The lowest BCUT2D eigenvalue weighted by Gasteiger charge is -2.36. The van der Waals surface area contributed by atoms with Gasteiger partial charge in [0, 0.05) is 6.42 Å². The Morgan fingerprint density at radius 1 is 1.00 bits per heavy atom. The Kier molecular flexibility index (Phi) is 3.08. The fourth-order valence-electron chi connectivity index (χ4n) is 4.13. The Morgan fingerprint density at radius 2 is 1.82 bits per heavy atom. The predicted octanol–water partition coefficient (Wildman–Crippen LogP) is 2.85. The number of allylic oxidation sites excluding steroid dienone is 2. The van der Waals surface area contributed by atoms with Gasteiger partial charge in [0.25, 0.3) is 0 Å². The third kappa shape index (κ3) is 2.33. The SMILES string of the molecule is O=C1C=C2CC[C@H]([C@@H]3CC[C@H](O)C3)C[C@@H]2CC1. The van der Waals surface area contributed by atoms with Crippen molar-refractivity contribution in [2.24, 2.45) is 17.8 Å². The average molecular weight is 234 g/mol. The van der Waals surface area contributed by atoms with E-state index in [1.54, 1.807) is 0 Å². The molecule has 2 fully saturated rings. The Hall–Kier alpha value is -0.630. The molecular formula is C15H22O2. The molecule has 0 bridgehead atoms. The number of hydrogen-bond donors (Lipinski definition) is 1. The number of aliphatic hydroxyl groups excluding tert-OH is 1. The molecule has 0 saturated heterocycles. The summed E-state index contributed by atoms with van der Waals surface area (Å²) in [5.74, 6) is 2.59. The highest BCUT2D eigenvalue weighted by atomic mass is 16.3. The molecule has 3 rings (SSSR count). The molecule has 2 heteroatoms. The van der Waals surface area contributed by atoms with E-state index in [9.17, 15) is 9.90 Å². The van der Waals surface area contributed by atoms with Crippen LogP contribution in [-0.2, 0) is 4.79 Å². The van der Waals surface area contributed by atoms with Crippen molar-refractivity contribution in [3.63, 3.8) is 0 Å². The van der Waals surface area contributed by atoms with Crippen LogP contribution in [0.1, 0.15) is 51.4 Å². The van der Waals surface area contributed by atoms with Crippen LogP contribution >= 0.6 is 0 Å². The molecule has 1 N–H and O–H groups in total. The molecule has 3 aliphatic rings. The lowest BCUT2D eigenvalue weighted by molar-refractivity contribution is -0.115. The molecule has 2 saturated carbocycles. The molecule has 0 aromatic heterocycles.